The predicted molar refractivity (Wildman–Crippen MR) is 84.1 cm³/mol. The number of anilines is 1. The van der Waals surface area contributed by atoms with E-state index in [2.05, 4.69) is 32.3 Å². The molecule has 0 spiro atoms. The zero-order valence-electron chi connectivity index (χ0n) is 11.1. The molecule has 2 N–H and O–H groups in total. The second-order valence-electron chi connectivity index (χ2n) is 4.72. The van der Waals surface area contributed by atoms with Gasteiger partial charge in [-0.3, -0.25) is 4.79 Å². The van der Waals surface area contributed by atoms with Crippen LogP contribution in [0.15, 0.2) is 22.0 Å². The maximum Gasteiger partial charge on any atom is 0.309 e. The smallest absolute Gasteiger partial charge is 0.309 e. The molecule has 1 aromatic heterocycles. The first-order valence-electron chi connectivity index (χ1n) is 6.46. The van der Waals surface area contributed by atoms with Crippen molar-refractivity contribution < 1.29 is 14.6 Å². The summed E-state index contributed by atoms with van der Waals surface area (Å²) in [4.78, 5) is 14.9. The molecule has 5 nitrogen and oxygen atoms in total. The molecule has 0 aliphatic carbocycles. The summed E-state index contributed by atoms with van der Waals surface area (Å²) in [6, 6.07) is 4.11. The molecule has 7 heteroatoms. The topological polar surface area (TPSA) is 71.5 Å². The average molecular weight is 369 g/mol. The molecule has 0 radical (unpaired) electrons. The van der Waals surface area contributed by atoms with Gasteiger partial charge in [-0.1, -0.05) is 15.9 Å². The second-order valence-corrected chi connectivity index (χ2v) is 6.49. The zero-order chi connectivity index (χ0) is 14.8. The Kier molecular flexibility index (Phi) is 4.12. The van der Waals surface area contributed by atoms with Gasteiger partial charge in [-0.25, -0.2) is 4.98 Å². The van der Waals surface area contributed by atoms with Gasteiger partial charge in [0, 0.05) is 28.4 Å². The van der Waals surface area contributed by atoms with Gasteiger partial charge in [0.1, 0.15) is 5.75 Å². The Bertz CT molecular complexity index is 687. The number of ether oxygens (including phenoxy) is 1. The second kappa shape index (κ2) is 6.03. The highest BCUT2D eigenvalue weighted by Gasteiger charge is 2.17. The molecule has 0 unspecified atom stereocenters. The summed E-state index contributed by atoms with van der Waals surface area (Å²) in [6.45, 7) is 1.32. The van der Waals surface area contributed by atoms with E-state index in [1.807, 2.05) is 6.07 Å². The summed E-state index contributed by atoms with van der Waals surface area (Å²) in [5, 5.41) is 14.5. The van der Waals surface area contributed by atoms with Gasteiger partial charge in [0.2, 0.25) is 0 Å². The Morgan fingerprint density at radius 3 is 3.19 bits per heavy atom. The van der Waals surface area contributed by atoms with Crippen LogP contribution in [0.25, 0.3) is 0 Å². The van der Waals surface area contributed by atoms with Crippen molar-refractivity contribution >= 4 is 38.4 Å². The van der Waals surface area contributed by atoms with Crippen molar-refractivity contribution in [1.29, 1.82) is 0 Å². The minimum Gasteiger partial charge on any atom is -0.493 e. The highest BCUT2D eigenvalue weighted by atomic mass is 79.9. The Balaban J connectivity index is 1.71. The SMILES string of the molecule is O=C(O)Cc1csc(NCc2cc(Br)cc3c2OCC3)n1. The van der Waals surface area contributed by atoms with Crippen molar-refractivity contribution in [2.24, 2.45) is 0 Å². The van der Waals surface area contributed by atoms with Crippen LogP contribution in [0.1, 0.15) is 16.8 Å². The van der Waals surface area contributed by atoms with Crippen LogP contribution >= 0.6 is 27.3 Å². The van der Waals surface area contributed by atoms with E-state index in [4.69, 9.17) is 9.84 Å². The molecule has 0 saturated heterocycles. The maximum atomic E-state index is 10.6. The standard InChI is InChI=1S/C14H13BrN2O3S/c15-10-3-8-1-2-20-13(8)9(4-10)6-16-14-17-11(7-21-14)5-12(18)19/h3-4,7H,1-2,5-6H2,(H,16,17)(H,18,19). The molecule has 110 valence electrons. The lowest BCUT2D eigenvalue weighted by Gasteiger charge is -2.09. The monoisotopic (exact) mass is 368 g/mol. The molecule has 21 heavy (non-hydrogen) atoms. The number of nitrogens with zero attached hydrogens (tertiary/aromatic N) is 1. The number of carbonyl (C=O) groups is 1. The lowest BCUT2D eigenvalue weighted by molar-refractivity contribution is -0.136. The van der Waals surface area contributed by atoms with E-state index in [0.29, 0.717) is 12.2 Å². The van der Waals surface area contributed by atoms with Gasteiger partial charge in [-0.2, -0.15) is 0 Å². The first-order valence-corrected chi connectivity index (χ1v) is 8.13. The number of thiazole rings is 1. The molecule has 1 aliphatic heterocycles. The number of carboxylic acids is 1. The molecule has 0 bridgehead atoms. The number of rotatable bonds is 5. The third kappa shape index (κ3) is 3.36. The number of nitrogens with one attached hydrogen (secondary N) is 1. The molecule has 1 aromatic carbocycles. The Hall–Kier alpha value is -1.60. The summed E-state index contributed by atoms with van der Waals surface area (Å²) in [5.41, 5.74) is 2.87. The number of benzene rings is 1. The molecule has 0 atom stereocenters. The maximum absolute atomic E-state index is 10.6. The van der Waals surface area contributed by atoms with Crippen LogP contribution in [0.5, 0.6) is 5.75 Å². The van der Waals surface area contributed by atoms with E-state index in [1.165, 1.54) is 16.9 Å². The van der Waals surface area contributed by atoms with Crippen LogP contribution < -0.4 is 10.1 Å². The quantitative estimate of drug-likeness (QED) is 0.848. The van der Waals surface area contributed by atoms with Crippen molar-refractivity contribution in [2.75, 3.05) is 11.9 Å². The van der Waals surface area contributed by atoms with Crippen molar-refractivity contribution in [3.8, 4) is 5.75 Å². The lowest BCUT2D eigenvalue weighted by Crippen LogP contribution is -2.03. The Morgan fingerprint density at radius 2 is 2.38 bits per heavy atom. The summed E-state index contributed by atoms with van der Waals surface area (Å²) in [7, 11) is 0. The summed E-state index contributed by atoms with van der Waals surface area (Å²) >= 11 is 4.92. The minimum atomic E-state index is -0.870. The minimum absolute atomic E-state index is 0.0480. The van der Waals surface area contributed by atoms with Gasteiger partial charge < -0.3 is 15.2 Å². The molecule has 2 heterocycles. The van der Waals surface area contributed by atoms with Gasteiger partial charge in [0.25, 0.3) is 0 Å². The first kappa shape index (κ1) is 14.3. The number of carboxylic acid groups (broad SMARTS) is 1. The number of aromatic nitrogens is 1. The molecule has 3 rings (SSSR count). The van der Waals surface area contributed by atoms with Crippen LogP contribution in [0.3, 0.4) is 0 Å². The molecule has 2 aromatic rings. The number of fused-ring (bicyclic) bond motifs is 1. The van der Waals surface area contributed by atoms with E-state index in [1.54, 1.807) is 5.38 Å². The van der Waals surface area contributed by atoms with Gasteiger partial charge in [0.15, 0.2) is 5.13 Å². The molecule has 0 fully saturated rings. The Morgan fingerprint density at radius 1 is 1.52 bits per heavy atom. The Labute approximate surface area is 134 Å². The van der Waals surface area contributed by atoms with Crippen molar-refractivity contribution in [3.05, 3.63) is 38.8 Å². The summed E-state index contributed by atoms with van der Waals surface area (Å²) in [6.07, 6.45) is 0.884. The van der Waals surface area contributed by atoms with Gasteiger partial charge in [-0.05, 0) is 17.7 Å². The average Bonchev–Trinajstić information content (AvgIpc) is 3.04. The summed E-state index contributed by atoms with van der Waals surface area (Å²) in [5.74, 6) is 0.0816. The largest absolute Gasteiger partial charge is 0.493 e. The van der Waals surface area contributed by atoms with Crippen molar-refractivity contribution in [1.82, 2.24) is 4.98 Å². The number of hydrogen-bond donors (Lipinski definition) is 2. The van der Waals surface area contributed by atoms with Crippen LogP contribution in [-0.4, -0.2) is 22.7 Å². The third-order valence-corrected chi connectivity index (χ3v) is 4.45. The fourth-order valence-corrected chi connectivity index (χ4v) is 3.53. The van der Waals surface area contributed by atoms with Gasteiger partial charge >= 0.3 is 5.97 Å². The van der Waals surface area contributed by atoms with E-state index < -0.39 is 5.97 Å². The first-order chi connectivity index (χ1) is 10.1. The number of halogens is 1. The number of aliphatic carboxylic acids is 1. The van der Waals surface area contributed by atoms with Crippen LogP contribution in [0, 0.1) is 0 Å². The van der Waals surface area contributed by atoms with Crippen molar-refractivity contribution in [3.63, 3.8) is 0 Å². The van der Waals surface area contributed by atoms with Crippen LogP contribution in [-0.2, 0) is 24.2 Å². The molecule has 1 aliphatic rings. The highest BCUT2D eigenvalue weighted by molar-refractivity contribution is 9.10. The predicted octanol–water partition coefficient (Wildman–Crippen LogP) is 3.08. The lowest BCUT2D eigenvalue weighted by atomic mass is 10.1. The van der Waals surface area contributed by atoms with E-state index in [0.717, 1.165) is 33.9 Å². The fourth-order valence-electron chi connectivity index (χ4n) is 2.27. The number of hydrogen-bond acceptors (Lipinski definition) is 5. The van der Waals surface area contributed by atoms with E-state index >= 15 is 0 Å². The molecular weight excluding hydrogens is 356 g/mol. The molecular formula is C14H13BrN2O3S. The van der Waals surface area contributed by atoms with E-state index in [9.17, 15) is 4.79 Å². The van der Waals surface area contributed by atoms with Gasteiger partial charge in [0.05, 0.1) is 18.7 Å². The summed E-state index contributed by atoms with van der Waals surface area (Å²) < 4.78 is 6.71. The third-order valence-electron chi connectivity index (χ3n) is 3.14. The highest BCUT2D eigenvalue weighted by Crippen LogP contribution is 2.33. The normalized spacial score (nSPS) is 12.8. The molecule has 0 amide bonds. The molecule has 0 saturated carbocycles. The van der Waals surface area contributed by atoms with Crippen molar-refractivity contribution in [2.45, 2.75) is 19.4 Å². The van der Waals surface area contributed by atoms with Crippen LogP contribution in [0.2, 0.25) is 0 Å². The van der Waals surface area contributed by atoms with Crippen LogP contribution in [0.4, 0.5) is 5.13 Å². The fraction of sp³-hybridized carbons (Fsp3) is 0.286. The van der Waals surface area contributed by atoms with E-state index in [-0.39, 0.29) is 6.42 Å². The van der Waals surface area contributed by atoms with Gasteiger partial charge in [-0.15, -0.1) is 11.3 Å². The zero-order valence-corrected chi connectivity index (χ0v) is 13.5.